The average Bonchev–Trinajstić information content (AvgIpc) is 3.30. The monoisotopic (exact) mass is 335 g/mol. The van der Waals surface area contributed by atoms with E-state index in [0.29, 0.717) is 17.8 Å². The molecule has 0 atom stereocenters. The molecular weight excluding hydrogens is 322 g/mol. The smallest absolute Gasteiger partial charge is 0.346 e. The fraction of sp³-hybridized carbons (Fsp3) is 0.357. The van der Waals surface area contributed by atoms with Crippen LogP contribution in [0.15, 0.2) is 22.1 Å². The number of hydrogen-bond donors (Lipinski definition) is 1. The number of rotatable bonds is 6. The second kappa shape index (κ2) is 7.04. The van der Waals surface area contributed by atoms with Crippen molar-refractivity contribution in [3.8, 4) is 0 Å². The number of benzene rings is 1. The Bertz CT molecular complexity index is 617. The van der Waals surface area contributed by atoms with Crippen LogP contribution in [-0.2, 0) is 9.53 Å². The zero-order valence-corrected chi connectivity index (χ0v) is 12.4. The van der Waals surface area contributed by atoms with Crippen molar-refractivity contribution in [2.45, 2.75) is 30.7 Å². The molecule has 1 aliphatic carbocycles. The molecule has 0 saturated heterocycles. The van der Waals surface area contributed by atoms with E-state index in [0.717, 1.165) is 12.8 Å². The highest BCUT2D eigenvalue weighted by atomic mass is 32.2. The van der Waals surface area contributed by atoms with E-state index in [9.17, 15) is 22.4 Å². The number of hydrogen-bond acceptors (Lipinski definition) is 4. The van der Waals surface area contributed by atoms with Crippen LogP contribution in [-0.4, -0.2) is 18.6 Å². The largest absolute Gasteiger partial charge is 0.462 e. The first-order chi connectivity index (χ1) is 10.4. The molecule has 22 heavy (non-hydrogen) atoms. The van der Waals surface area contributed by atoms with E-state index < -0.39 is 34.1 Å². The van der Waals surface area contributed by atoms with Gasteiger partial charge in [-0.3, -0.25) is 0 Å². The summed E-state index contributed by atoms with van der Waals surface area (Å²) in [5.41, 5.74) is 0. The van der Waals surface area contributed by atoms with Gasteiger partial charge in [0, 0.05) is 12.2 Å². The second-order valence-corrected chi connectivity index (χ2v) is 5.65. The molecule has 1 aromatic rings. The molecule has 8 heteroatoms. The molecule has 1 saturated carbocycles. The predicted molar refractivity (Wildman–Crippen MR) is 73.0 cm³/mol. The van der Waals surface area contributed by atoms with Gasteiger partial charge < -0.3 is 10.1 Å². The van der Waals surface area contributed by atoms with Gasteiger partial charge in [-0.2, -0.15) is 0 Å². The first-order valence-electron chi connectivity index (χ1n) is 6.58. The summed E-state index contributed by atoms with van der Waals surface area (Å²) in [4.78, 5) is 11.2. The Morgan fingerprint density at radius 2 is 2.00 bits per heavy atom. The van der Waals surface area contributed by atoms with Crippen LogP contribution in [0.3, 0.4) is 0 Å². The molecule has 120 valence electrons. The van der Waals surface area contributed by atoms with Crippen LogP contribution < -0.4 is 5.32 Å². The number of halogens is 4. The third-order valence-electron chi connectivity index (χ3n) is 2.79. The van der Waals surface area contributed by atoms with Gasteiger partial charge in [0.1, 0.15) is 4.91 Å². The lowest BCUT2D eigenvalue weighted by Gasteiger charge is -2.09. The average molecular weight is 335 g/mol. The zero-order valence-electron chi connectivity index (χ0n) is 11.6. The molecule has 0 amide bonds. The van der Waals surface area contributed by atoms with Crippen LogP contribution in [0.2, 0.25) is 0 Å². The second-order valence-electron chi connectivity index (χ2n) is 4.57. The highest BCUT2D eigenvalue weighted by molar-refractivity contribution is 8.04. The normalized spacial score (nSPS) is 14.9. The van der Waals surface area contributed by atoms with Crippen LogP contribution in [0.4, 0.5) is 17.6 Å². The summed E-state index contributed by atoms with van der Waals surface area (Å²) in [5.74, 6) is -7.64. The van der Waals surface area contributed by atoms with Crippen LogP contribution in [0, 0.1) is 23.3 Å². The summed E-state index contributed by atoms with van der Waals surface area (Å²) in [7, 11) is 0. The first-order valence-corrected chi connectivity index (χ1v) is 7.39. The van der Waals surface area contributed by atoms with Gasteiger partial charge >= 0.3 is 5.97 Å². The molecule has 0 spiro atoms. The van der Waals surface area contributed by atoms with Crippen molar-refractivity contribution in [1.82, 2.24) is 5.32 Å². The topological polar surface area (TPSA) is 38.3 Å². The van der Waals surface area contributed by atoms with E-state index in [2.05, 4.69) is 5.32 Å². The third-order valence-corrected chi connectivity index (χ3v) is 3.81. The lowest BCUT2D eigenvalue weighted by atomic mass is 10.3. The SMILES string of the molecule is CCOC(=O)/C(=C\NC1CC1)Sc1cc(F)c(F)c(F)c1F. The summed E-state index contributed by atoms with van der Waals surface area (Å²) in [6.07, 6.45) is 3.19. The van der Waals surface area contributed by atoms with Gasteiger partial charge in [0.05, 0.1) is 11.5 Å². The fourth-order valence-electron chi connectivity index (χ4n) is 1.52. The van der Waals surface area contributed by atoms with Gasteiger partial charge in [-0.05, 0) is 25.8 Å². The van der Waals surface area contributed by atoms with Crippen molar-refractivity contribution >= 4 is 17.7 Å². The molecule has 0 radical (unpaired) electrons. The zero-order chi connectivity index (χ0) is 16.3. The van der Waals surface area contributed by atoms with Crippen molar-refractivity contribution in [2.75, 3.05) is 6.61 Å². The Morgan fingerprint density at radius 1 is 1.32 bits per heavy atom. The highest BCUT2D eigenvalue weighted by Gasteiger charge is 2.24. The van der Waals surface area contributed by atoms with Crippen molar-refractivity contribution in [3.05, 3.63) is 40.4 Å². The lowest BCUT2D eigenvalue weighted by Crippen LogP contribution is -2.13. The third kappa shape index (κ3) is 3.94. The molecule has 1 fully saturated rings. The van der Waals surface area contributed by atoms with Crippen LogP contribution in [0.5, 0.6) is 0 Å². The Morgan fingerprint density at radius 3 is 2.59 bits per heavy atom. The number of carbonyl (C=O) groups excluding carboxylic acids is 1. The summed E-state index contributed by atoms with van der Waals surface area (Å²) in [5, 5.41) is 2.91. The van der Waals surface area contributed by atoms with E-state index in [1.165, 1.54) is 6.20 Å². The van der Waals surface area contributed by atoms with Gasteiger partial charge in [-0.1, -0.05) is 11.8 Å². The summed E-state index contributed by atoms with van der Waals surface area (Å²) < 4.78 is 57.8. The summed E-state index contributed by atoms with van der Waals surface area (Å²) in [6, 6.07) is 0.722. The Labute approximate surface area is 128 Å². The van der Waals surface area contributed by atoms with Crippen LogP contribution in [0.1, 0.15) is 19.8 Å². The number of ether oxygens (including phenoxy) is 1. The Balaban J connectivity index is 2.26. The maximum atomic E-state index is 13.7. The van der Waals surface area contributed by atoms with E-state index in [1.807, 2.05) is 0 Å². The van der Waals surface area contributed by atoms with E-state index in [-0.39, 0.29) is 17.6 Å². The van der Waals surface area contributed by atoms with Gasteiger partial charge in [0.25, 0.3) is 0 Å². The molecule has 1 N–H and O–H groups in total. The van der Waals surface area contributed by atoms with Gasteiger partial charge in [-0.15, -0.1) is 0 Å². The maximum absolute atomic E-state index is 13.7. The minimum atomic E-state index is -1.92. The lowest BCUT2D eigenvalue weighted by molar-refractivity contribution is -0.137. The number of thioether (sulfide) groups is 1. The summed E-state index contributed by atoms with van der Waals surface area (Å²) >= 11 is 0.473. The minimum Gasteiger partial charge on any atom is -0.462 e. The van der Waals surface area contributed by atoms with Gasteiger partial charge in [-0.25, -0.2) is 22.4 Å². The van der Waals surface area contributed by atoms with Crippen molar-refractivity contribution < 1.29 is 27.1 Å². The van der Waals surface area contributed by atoms with E-state index >= 15 is 0 Å². The quantitative estimate of drug-likeness (QED) is 0.216. The predicted octanol–water partition coefficient (Wildman–Crippen LogP) is 3.49. The number of esters is 1. The highest BCUT2D eigenvalue weighted by Crippen LogP contribution is 2.33. The maximum Gasteiger partial charge on any atom is 0.346 e. The van der Waals surface area contributed by atoms with Crippen molar-refractivity contribution in [1.29, 1.82) is 0 Å². The molecule has 0 unspecified atom stereocenters. The molecule has 2 rings (SSSR count). The van der Waals surface area contributed by atoms with E-state index in [1.54, 1.807) is 6.92 Å². The molecule has 0 aliphatic heterocycles. The van der Waals surface area contributed by atoms with Crippen LogP contribution in [0.25, 0.3) is 0 Å². The van der Waals surface area contributed by atoms with Gasteiger partial charge in [0.2, 0.25) is 0 Å². The minimum absolute atomic E-state index is 0.0712. The molecule has 0 aromatic heterocycles. The molecular formula is C14H13F4NO2S. The Hall–Kier alpha value is -1.70. The number of carbonyl (C=O) groups is 1. The van der Waals surface area contributed by atoms with Crippen molar-refractivity contribution in [2.24, 2.45) is 0 Å². The standard InChI is InChI=1S/C14H13F4NO2S/c1-2-21-14(20)10(6-19-7-3-4-7)22-9-5-8(15)11(16)13(18)12(9)17/h5-7,19H,2-4H2,1H3/b10-6+. The molecule has 3 nitrogen and oxygen atoms in total. The van der Waals surface area contributed by atoms with E-state index in [4.69, 9.17) is 4.74 Å². The molecule has 0 heterocycles. The van der Waals surface area contributed by atoms with Gasteiger partial charge in [0.15, 0.2) is 23.3 Å². The molecule has 0 bridgehead atoms. The fourth-order valence-corrected chi connectivity index (χ4v) is 2.37. The first kappa shape index (κ1) is 16.7. The number of nitrogens with one attached hydrogen (secondary N) is 1. The van der Waals surface area contributed by atoms with Crippen LogP contribution >= 0.6 is 11.8 Å². The summed E-state index contributed by atoms with van der Waals surface area (Å²) in [6.45, 7) is 1.68. The molecule has 1 aliphatic rings. The van der Waals surface area contributed by atoms with Crippen molar-refractivity contribution in [3.63, 3.8) is 0 Å². The Kier molecular flexibility index (Phi) is 5.33. The molecule has 1 aromatic carbocycles.